The highest BCUT2D eigenvalue weighted by atomic mass is 35.5. The predicted molar refractivity (Wildman–Crippen MR) is 114 cm³/mol. The van der Waals surface area contributed by atoms with Crippen LogP contribution in [0.4, 0.5) is 5.82 Å². The van der Waals surface area contributed by atoms with Crippen molar-refractivity contribution in [2.45, 2.75) is 26.7 Å². The van der Waals surface area contributed by atoms with E-state index >= 15 is 0 Å². The SMILES string of the molecule is CCOc1ccc(C(=O)CCC(=O)N2CCN(c3ncccc3Cl)CC2)cc1C. The number of amides is 1. The van der Waals surface area contributed by atoms with Gasteiger partial charge < -0.3 is 14.5 Å². The summed E-state index contributed by atoms with van der Waals surface area (Å²) in [6.07, 6.45) is 2.14. The first-order valence-electron chi connectivity index (χ1n) is 9.89. The van der Waals surface area contributed by atoms with Crippen molar-refractivity contribution in [1.82, 2.24) is 9.88 Å². The highest BCUT2D eigenvalue weighted by Gasteiger charge is 2.23. The van der Waals surface area contributed by atoms with Gasteiger partial charge in [-0.25, -0.2) is 4.98 Å². The summed E-state index contributed by atoms with van der Waals surface area (Å²) in [4.78, 5) is 33.2. The van der Waals surface area contributed by atoms with E-state index in [9.17, 15) is 9.59 Å². The predicted octanol–water partition coefficient (Wildman–Crippen LogP) is 3.75. The number of aryl methyl sites for hydroxylation is 1. The monoisotopic (exact) mass is 415 g/mol. The molecule has 0 atom stereocenters. The van der Waals surface area contributed by atoms with Crippen molar-refractivity contribution < 1.29 is 14.3 Å². The molecule has 1 saturated heterocycles. The molecule has 1 aromatic heterocycles. The standard InChI is InChI=1S/C22H26ClN3O3/c1-3-29-20-8-6-17(15-16(20)2)19(27)7-9-21(28)25-11-13-26(14-12-25)22-18(23)5-4-10-24-22/h4-6,8,10,15H,3,7,9,11-14H2,1-2H3. The van der Waals surface area contributed by atoms with E-state index in [1.807, 2.05) is 36.9 Å². The Morgan fingerprint density at radius 1 is 1.14 bits per heavy atom. The topological polar surface area (TPSA) is 62.7 Å². The van der Waals surface area contributed by atoms with Gasteiger partial charge in [0.2, 0.25) is 5.91 Å². The van der Waals surface area contributed by atoms with E-state index in [2.05, 4.69) is 9.88 Å². The molecule has 1 aliphatic heterocycles. The summed E-state index contributed by atoms with van der Waals surface area (Å²) < 4.78 is 5.51. The minimum absolute atomic E-state index is 0.00720. The molecule has 0 unspecified atom stereocenters. The molecular weight excluding hydrogens is 390 g/mol. The van der Waals surface area contributed by atoms with Gasteiger partial charge in [-0.2, -0.15) is 0 Å². The molecule has 1 fully saturated rings. The van der Waals surface area contributed by atoms with Crippen LogP contribution < -0.4 is 9.64 Å². The molecular formula is C22H26ClN3O3. The summed E-state index contributed by atoms with van der Waals surface area (Å²) in [6.45, 7) is 6.98. The Hall–Kier alpha value is -2.60. The number of pyridine rings is 1. The normalized spacial score (nSPS) is 14.0. The molecule has 1 amide bonds. The van der Waals surface area contributed by atoms with E-state index < -0.39 is 0 Å². The van der Waals surface area contributed by atoms with Gasteiger partial charge in [0.25, 0.3) is 0 Å². The van der Waals surface area contributed by atoms with Gasteiger partial charge >= 0.3 is 0 Å². The van der Waals surface area contributed by atoms with Crippen LogP contribution in [-0.4, -0.2) is 54.4 Å². The maximum atomic E-state index is 12.5. The summed E-state index contributed by atoms with van der Waals surface area (Å²) >= 11 is 6.21. The number of ether oxygens (including phenoxy) is 1. The number of halogens is 1. The first-order valence-corrected chi connectivity index (χ1v) is 10.3. The van der Waals surface area contributed by atoms with Crippen molar-refractivity contribution in [3.8, 4) is 5.75 Å². The van der Waals surface area contributed by atoms with Gasteiger partial charge in [-0.15, -0.1) is 0 Å². The van der Waals surface area contributed by atoms with Crippen molar-refractivity contribution in [3.05, 3.63) is 52.7 Å². The van der Waals surface area contributed by atoms with E-state index in [1.165, 1.54) is 0 Å². The first kappa shape index (κ1) is 21.1. The van der Waals surface area contributed by atoms with Crippen LogP contribution in [0.5, 0.6) is 5.75 Å². The molecule has 2 heterocycles. The second-order valence-corrected chi connectivity index (χ2v) is 7.42. The number of aromatic nitrogens is 1. The van der Waals surface area contributed by atoms with E-state index in [4.69, 9.17) is 16.3 Å². The molecule has 0 N–H and O–H groups in total. The number of carbonyl (C=O) groups excluding carboxylic acids is 2. The fourth-order valence-electron chi connectivity index (χ4n) is 3.44. The van der Waals surface area contributed by atoms with Crippen LogP contribution >= 0.6 is 11.6 Å². The summed E-state index contributed by atoms with van der Waals surface area (Å²) in [5.74, 6) is 1.52. The number of anilines is 1. The third-order valence-electron chi connectivity index (χ3n) is 5.03. The zero-order chi connectivity index (χ0) is 20.8. The molecule has 3 rings (SSSR count). The molecule has 0 saturated carbocycles. The van der Waals surface area contributed by atoms with Gasteiger partial charge in [0, 0.05) is 50.8 Å². The van der Waals surface area contributed by atoms with Crippen molar-refractivity contribution in [3.63, 3.8) is 0 Å². The van der Waals surface area contributed by atoms with Gasteiger partial charge in [0.15, 0.2) is 5.78 Å². The van der Waals surface area contributed by atoms with Crippen molar-refractivity contribution in [1.29, 1.82) is 0 Å². The molecule has 0 spiro atoms. The van der Waals surface area contributed by atoms with Crippen molar-refractivity contribution in [2.75, 3.05) is 37.7 Å². The Balaban J connectivity index is 1.49. The maximum absolute atomic E-state index is 12.5. The molecule has 154 valence electrons. The van der Waals surface area contributed by atoms with Crippen LogP contribution in [0.1, 0.15) is 35.7 Å². The number of piperazine rings is 1. The summed E-state index contributed by atoms with van der Waals surface area (Å²) in [5, 5.41) is 0.614. The second kappa shape index (κ2) is 9.74. The molecule has 29 heavy (non-hydrogen) atoms. The van der Waals surface area contributed by atoms with Crippen molar-refractivity contribution >= 4 is 29.1 Å². The quantitative estimate of drug-likeness (QED) is 0.644. The van der Waals surface area contributed by atoms with E-state index in [0.717, 1.165) is 17.1 Å². The van der Waals surface area contributed by atoms with Crippen LogP contribution in [0.3, 0.4) is 0 Å². The Bertz CT molecular complexity index is 879. The Labute approximate surface area is 176 Å². The lowest BCUT2D eigenvalue weighted by atomic mass is 10.0. The smallest absolute Gasteiger partial charge is 0.223 e. The first-order chi connectivity index (χ1) is 14.0. The second-order valence-electron chi connectivity index (χ2n) is 7.01. The molecule has 1 aliphatic rings. The summed E-state index contributed by atoms with van der Waals surface area (Å²) in [5.41, 5.74) is 1.54. The van der Waals surface area contributed by atoms with E-state index in [1.54, 1.807) is 18.3 Å². The molecule has 1 aromatic carbocycles. The van der Waals surface area contributed by atoms with Crippen LogP contribution in [0.15, 0.2) is 36.5 Å². The lowest BCUT2D eigenvalue weighted by Crippen LogP contribution is -2.49. The van der Waals surface area contributed by atoms with Gasteiger partial charge in [-0.1, -0.05) is 11.6 Å². The number of hydrogen-bond donors (Lipinski definition) is 0. The van der Waals surface area contributed by atoms with Crippen molar-refractivity contribution in [2.24, 2.45) is 0 Å². The summed E-state index contributed by atoms with van der Waals surface area (Å²) in [6, 6.07) is 9.02. The number of Topliss-reactive ketones (excluding diaryl/α,β-unsaturated/α-hetero) is 1. The largest absolute Gasteiger partial charge is 0.494 e. The van der Waals surface area contributed by atoms with Gasteiger partial charge in [0.1, 0.15) is 11.6 Å². The van der Waals surface area contributed by atoms with Gasteiger partial charge in [-0.05, 0) is 49.7 Å². The third-order valence-corrected chi connectivity index (χ3v) is 5.33. The van der Waals surface area contributed by atoms with Gasteiger partial charge in [0.05, 0.1) is 11.6 Å². The number of nitrogens with zero attached hydrogens (tertiary/aromatic N) is 3. The average molecular weight is 416 g/mol. The highest BCUT2D eigenvalue weighted by Crippen LogP contribution is 2.24. The fourth-order valence-corrected chi connectivity index (χ4v) is 3.68. The molecule has 0 bridgehead atoms. The number of benzene rings is 1. The minimum Gasteiger partial charge on any atom is -0.494 e. The van der Waals surface area contributed by atoms with Crippen LogP contribution in [0, 0.1) is 6.92 Å². The number of rotatable bonds is 7. The Morgan fingerprint density at radius 3 is 2.55 bits per heavy atom. The third kappa shape index (κ3) is 5.26. The van der Waals surface area contributed by atoms with Crippen LogP contribution in [0.25, 0.3) is 0 Å². The number of carbonyl (C=O) groups is 2. The summed E-state index contributed by atoms with van der Waals surface area (Å²) in [7, 11) is 0. The van der Waals surface area contributed by atoms with E-state index in [-0.39, 0.29) is 24.5 Å². The average Bonchev–Trinajstić information content (AvgIpc) is 2.74. The lowest BCUT2D eigenvalue weighted by Gasteiger charge is -2.35. The Kier molecular flexibility index (Phi) is 7.09. The fraction of sp³-hybridized carbons (Fsp3) is 0.409. The van der Waals surface area contributed by atoms with Gasteiger partial charge in [-0.3, -0.25) is 9.59 Å². The molecule has 2 aromatic rings. The molecule has 7 heteroatoms. The maximum Gasteiger partial charge on any atom is 0.223 e. The van der Waals surface area contributed by atoms with E-state index in [0.29, 0.717) is 43.4 Å². The van der Waals surface area contributed by atoms with Crippen LogP contribution in [-0.2, 0) is 4.79 Å². The minimum atomic E-state index is -0.0246. The zero-order valence-electron chi connectivity index (χ0n) is 16.9. The number of ketones is 1. The number of hydrogen-bond acceptors (Lipinski definition) is 5. The lowest BCUT2D eigenvalue weighted by molar-refractivity contribution is -0.131. The molecule has 0 aliphatic carbocycles. The molecule has 0 radical (unpaired) electrons. The zero-order valence-corrected chi connectivity index (χ0v) is 17.6. The highest BCUT2D eigenvalue weighted by molar-refractivity contribution is 6.32. The Morgan fingerprint density at radius 2 is 1.90 bits per heavy atom. The van der Waals surface area contributed by atoms with Crippen LogP contribution in [0.2, 0.25) is 5.02 Å². The molecule has 6 nitrogen and oxygen atoms in total.